The minimum absolute atomic E-state index is 0.0929. The van der Waals surface area contributed by atoms with Crippen LogP contribution in [0.4, 0.5) is 5.69 Å². The molecule has 0 aliphatic rings. The molecule has 0 bridgehead atoms. The topological polar surface area (TPSA) is 68.0 Å². The third-order valence-electron chi connectivity index (χ3n) is 3.71. The van der Waals surface area contributed by atoms with Gasteiger partial charge in [0.15, 0.2) is 0 Å². The Morgan fingerprint density at radius 3 is 2.56 bits per heavy atom. The number of carbonyl (C=O) groups is 1. The van der Waals surface area contributed by atoms with Gasteiger partial charge in [-0.1, -0.05) is 24.3 Å². The summed E-state index contributed by atoms with van der Waals surface area (Å²) in [5.74, 6) is 1.59. The average molecular weight is 393 g/mol. The standard InChI is InChI=1S/C20H15N3O2S2/c24-19(17-7-4-12-26-17)21-15-8-10-16(11-9-15)27-13-18-22-23-20(25-18)14-5-2-1-3-6-14/h1-12H,13H2,(H,21,24). The van der Waals surface area contributed by atoms with Gasteiger partial charge in [0.1, 0.15) is 0 Å². The lowest BCUT2D eigenvalue weighted by molar-refractivity contribution is 0.103. The van der Waals surface area contributed by atoms with Crippen LogP contribution < -0.4 is 5.32 Å². The molecule has 0 unspecified atom stereocenters. The van der Waals surface area contributed by atoms with E-state index in [-0.39, 0.29) is 5.91 Å². The molecule has 0 radical (unpaired) electrons. The Morgan fingerprint density at radius 2 is 1.81 bits per heavy atom. The molecule has 0 saturated heterocycles. The first-order valence-corrected chi connectivity index (χ1v) is 10.1. The summed E-state index contributed by atoms with van der Waals surface area (Å²) >= 11 is 3.02. The number of nitrogens with one attached hydrogen (secondary N) is 1. The largest absolute Gasteiger partial charge is 0.420 e. The summed E-state index contributed by atoms with van der Waals surface area (Å²) in [4.78, 5) is 13.8. The van der Waals surface area contributed by atoms with E-state index < -0.39 is 0 Å². The van der Waals surface area contributed by atoms with E-state index in [1.165, 1.54) is 11.3 Å². The summed E-state index contributed by atoms with van der Waals surface area (Å²) in [7, 11) is 0. The number of hydrogen-bond donors (Lipinski definition) is 1. The zero-order chi connectivity index (χ0) is 18.5. The van der Waals surface area contributed by atoms with E-state index in [4.69, 9.17) is 4.42 Å². The van der Waals surface area contributed by atoms with Crippen molar-refractivity contribution in [1.82, 2.24) is 10.2 Å². The molecular weight excluding hydrogens is 378 g/mol. The van der Waals surface area contributed by atoms with Crippen LogP contribution in [0.15, 0.2) is 81.4 Å². The van der Waals surface area contributed by atoms with Gasteiger partial charge in [-0.05, 0) is 47.8 Å². The Hall–Kier alpha value is -2.90. The number of hydrogen-bond acceptors (Lipinski definition) is 6. The summed E-state index contributed by atoms with van der Waals surface area (Å²) in [5, 5.41) is 13.0. The molecule has 134 valence electrons. The normalized spacial score (nSPS) is 10.7. The van der Waals surface area contributed by atoms with Crippen LogP contribution in [-0.4, -0.2) is 16.1 Å². The van der Waals surface area contributed by atoms with Crippen molar-refractivity contribution in [3.05, 3.63) is 82.9 Å². The van der Waals surface area contributed by atoms with Crippen molar-refractivity contribution in [3.8, 4) is 11.5 Å². The predicted octanol–water partition coefficient (Wildman–Crippen LogP) is 5.34. The number of thioether (sulfide) groups is 1. The molecule has 2 aromatic carbocycles. The second-order valence-electron chi connectivity index (χ2n) is 5.61. The highest BCUT2D eigenvalue weighted by Gasteiger charge is 2.09. The monoisotopic (exact) mass is 393 g/mol. The van der Waals surface area contributed by atoms with Crippen LogP contribution in [0.2, 0.25) is 0 Å². The molecule has 1 amide bonds. The number of benzene rings is 2. The molecule has 5 nitrogen and oxygen atoms in total. The Balaban J connectivity index is 1.34. The maximum absolute atomic E-state index is 12.1. The van der Waals surface area contributed by atoms with E-state index in [2.05, 4.69) is 15.5 Å². The van der Waals surface area contributed by atoms with Crippen LogP contribution in [0.25, 0.3) is 11.5 Å². The van der Waals surface area contributed by atoms with E-state index >= 15 is 0 Å². The second-order valence-corrected chi connectivity index (χ2v) is 7.61. The molecule has 0 fully saturated rings. The highest BCUT2D eigenvalue weighted by molar-refractivity contribution is 7.98. The molecule has 27 heavy (non-hydrogen) atoms. The summed E-state index contributed by atoms with van der Waals surface area (Å²) < 4.78 is 5.71. The van der Waals surface area contributed by atoms with Crippen LogP contribution in [0, 0.1) is 0 Å². The lowest BCUT2D eigenvalue weighted by Gasteiger charge is -2.05. The Morgan fingerprint density at radius 1 is 1.00 bits per heavy atom. The first-order chi connectivity index (χ1) is 13.3. The van der Waals surface area contributed by atoms with Crippen molar-refractivity contribution in [2.45, 2.75) is 10.6 Å². The fourth-order valence-corrected chi connectivity index (χ4v) is 3.74. The van der Waals surface area contributed by atoms with Crippen molar-refractivity contribution in [2.75, 3.05) is 5.32 Å². The van der Waals surface area contributed by atoms with Crippen molar-refractivity contribution in [2.24, 2.45) is 0 Å². The fourth-order valence-electron chi connectivity index (χ4n) is 2.39. The number of aromatic nitrogens is 2. The van der Waals surface area contributed by atoms with Gasteiger partial charge in [0.25, 0.3) is 5.91 Å². The average Bonchev–Trinajstić information content (AvgIpc) is 3.40. The van der Waals surface area contributed by atoms with Gasteiger partial charge < -0.3 is 9.73 Å². The molecule has 0 aliphatic heterocycles. The number of rotatable bonds is 6. The smallest absolute Gasteiger partial charge is 0.265 e. The van der Waals surface area contributed by atoms with Gasteiger partial charge >= 0.3 is 0 Å². The highest BCUT2D eigenvalue weighted by atomic mass is 32.2. The number of nitrogens with zero attached hydrogens (tertiary/aromatic N) is 2. The highest BCUT2D eigenvalue weighted by Crippen LogP contribution is 2.26. The number of anilines is 1. The van der Waals surface area contributed by atoms with Gasteiger partial charge in [-0.2, -0.15) is 0 Å². The summed E-state index contributed by atoms with van der Waals surface area (Å²) in [6, 6.07) is 21.1. The summed E-state index contributed by atoms with van der Waals surface area (Å²) in [5.41, 5.74) is 1.67. The molecule has 0 spiro atoms. The van der Waals surface area contributed by atoms with Crippen LogP contribution in [0.1, 0.15) is 15.6 Å². The van der Waals surface area contributed by atoms with Crippen LogP contribution >= 0.6 is 23.1 Å². The summed E-state index contributed by atoms with van der Waals surface area (Å²) in [6.45, 7) is 0. The molecule has 2 heterocycles. The van der Waals surface area contributed by atoms with Crippen LogP contribution in [-0.2, 0) is 5.75 Å². The van der Waals surface area contributed by atoms with Crippen LogP contribution in [0.3, 0.4) is 0 Å². The third kappa shape index (κ3) is 4.45. The minimum Gasteiger partial charge on any atom is -0.420 e. The van der Waals surface area contributed by atoms with Gasteiger partial charge in [0.2, 0.25) is 11.8 Å². The molecule has 0 atom stereocenters. The Kier molecular flexibility index (Phi) is 5.32. The third-order valence-corrected chi connectivity index (χ3v) is 5.57. The lowest BCUT2D eigenvalue weighted by Crippen LogP contribution is -2.09. The molecule has 1 N–H and O–H groups in total. The van der Waals surface area contributed by atoms with Crippen molar-refractivity contribution in [3.63, 3.8) is 0 Å². The van der Waals surface area contributed by atoms with Crippen LogP contribution in [0.5, 0.6) is 0 Å². The second kappa shape index (κ2) is 8.20. The number of thiophene rings is 1. The fraction of sp³-hybridized carbons (Fsp3) is 0.0500. The zero-order valence-electron chi connectivity index (χ0n) is 14.2. The first kappa shape index (κ1) is 17.5. The van der Waals surface area contributed by atoms with E-state index in [0.29, 0.717) is 22.4 Å². The SMILES string of the molecule is O=C(Nc1ccc(SCc2nnc(-c3ccccc3)o2)cc1)c1cccs1. The molecule has 4 rings (SSSR count). The predicted molar refractivity (Wildman–Crippen MR) is 108 cm³/mol. The van der Waals surface area contributed by atoms with E-state index in [1.54, 1.807) is 17.8 Å². The van der Waals surface area contributed by atoms with Crippen molar-refractivity contribution < 1.29 is 9.21 Å². The first-order valence-electron chi connectivity index (χ1n) is 8.23. The molecule has 2 aromatic heterocycles. The van der Waals surface area contributed by atoms with E-state index in [9.17, 15) is 4.79 Å². The van der Waals surface area contributed by atoms with Gasteiger partial charge in [0, 0.05) is 16.1 Å². The maximum Gasteiger partial charge on any atom is 0.265 e. The molecule has 4 aromatic rings. The maximum atomic E-state index is 12.1. The number of amides is 1. The molecule has 7 heteroatoms. The van der Waals surface area contributed by atoms with E-state index in [0.717, 1.165) is 16.1 Å². The Labute approximate surface area is 164 Å². The van der Waals surface area contributed by atoms with Gasteiger partial charge in [0.05, 0.1) is 10.6 Å². The summed E-state index contributed by atoms with van der Waals surface area (Å²) in [6.07, 6.45) is 0. The van der Waals surface area contributed by atoms with E-state index in [1.807, 2.05) is 66.0 Å². The molecule has 0 aliphatic carbocycles. The van der Waals surface area contributed by atoms with Gasteiger partial charge in [-0.3, -0.25) is 4.79 Å². The molecular formula is C20H15N3O2S2. The zero-order valence-corrected chi connectivity index (χ0v) is 15.8. The quantitative estimate of drug-likeness (QED) is 0.448. The van der Waals surface area contributed by atoms with Crippen molar-refractivity contribution >= 4 is 34.7 Å². The lowest BCUT2D eigenvalue weighted by atomic mass is 10.2. The van der Waals surface area contributed by atoms with Gasteiger partial charge in [-0.15, -0.1) is 33.3 Å². The Bertz CT molecular complexity index is 1010. The molecule has 0 saturated carbocycles. The number of carbonyl (C=O) groups excluding carboxylic acids is 1. The minimum atomic E-state index is -0.0929. The van der Waals surface area contributed by atoms with Crippen molar-refractivity contribution in [1.29, 1.82) is 0 Å². The van der Waals surface area contributed by atoms with Gasteiger partial charge in [-0.25, -0.2) is 0 Å².